The van der Waals surface area contributed by atoms with Crippen molar-refractivity contribution in [3.63, 3.8) is 0 Å². The molecular weight excluding hydrogens is 436 g/mol. The minimum atomic E-state index is -0.120. The number of piperazine rings is 1. The van der Waals surface area contributed by atoms with Gasteiger partial charge in [-0.2, -0.15) is 0 Å². The van der Waals surface area contributed by atoms with Crippen LogP contribution in [0.1, 0.15) is 32.3 Å². The molecule has 1 aromatic carbocycles. The van der Waals surface area contributed by atoms with Gasteiger partial charge in [-0.1, -0.05) is 54.6 Å². The fourth-order valence-corrected chi connectivity index (χ4v) is 5.14. The van der Waals surface area contributed by atoms with Gasteiger partial charge in [0, 0.05) is 69.8 Å². The molecule has 0 saturated carbocycles. The predicted molar refractivity (Wildman–Crippen MR) is 141 cm³/mol. The van der Waals surface area contributed by atoms with E-state index < -0.39 is 0 Å². The van der Waals surface area contributed by atoms with Crippen LogP contribution in [0.25, 0.3) is 0 Å². The Hall–Kier alpha value is -2.80. The Morgan fingerprint density at radius 3 is 2.43 bits per heavy atom. The number of hydrogen-bond donors (Lipinski definition) is 0. The molecule has 0 N–H and O–H groups in total. The molecule has 35 heavy (non-hydrogen) atoms. The Bertz CT molecular complexity index is 992. The summed E-state index contributed by atoms with van der Waals surface area (Å²) < 4.78 is 5.79. The molecule has 6 nitrogen and oxygen atoms in total. The minimum absolute atomic E-state index is 0.00961. The summed E-state index contributed by atoms with van der Waals surface area (Å²) in [6.07, 6.45) is 9.34. The van der Waals surface area contributed by atoms with Crippen LogP contribution in [-0.2, 0) is 16.1 Å². The molecule has 0 unspecified atom stereocenters. The number of anilines is 1. The topological polar surface area (TPSA) is 48.9 Å². The molecule has 2 fully saturated rings. The highest BCUT2D eigenvalue weighted by Crippen LogP contribution is 2.32. The average molecular weight is 475 g/mol. The van der Waals surface area contributed by atoms with E-state index in [4.69, 9.17) is 4.74 Å². The summed E-state index contributed by atoms with van der Waals surface area (Å²) in [7, 11) is 0. The first kappa shape index (κ1) is 25.3. The van der Waals surface area contributed by atoms with E-state index in [9.17, 15) is 4.79 Å². The van der Waals surface area contributed by atoms with E-state index in [1.807, 2.05) is 55.2 Å². The molecule has 0 aliphatic carbocycles. The van der Waals surface area contributed by atoms with Crippen molar-refractivity contribution in [2.24, 2.45) is 0 Å². The molecule has 2 aliphatic heterocycles. The van der Waals surface area contributed by atoms with Crippen LogP contribution in [0.3, 0.4) is 0 Å². The standard InChI is InChI=1S/C29H38N4O2/c1-3-4-10-25(2)28(34)33(27-13-8-9-16-30-27)24-29(14-21-35-22-15-29)32-19-17-31(18-20-32)23-26-11-6-5-7-12-26/h3-13,16H,14-15,17-24H2,1-2H3/b4-3-,25-10+. The summed E-state index contributed by atoms with van der Waals surface area (Å²) in [5, 5.41) is 0. The maximum Gasteiger partial charge on any atom is 0.255 e. The zero-order chi connectivity index (χ0) is 24.5. The summed E-state index contributed by atoms with van der Waals surface area (Å²) in [5.41, 5.74) is 1.95. The first-order chi connectivity index (χ1) is 17.1. The zero-order valence-corrected chi connectivity index (χ0v) is 21.1. The van der Waals surface area contributed by atoms with Gasteiger partial charge in [0.2, 0.25) is 0 Å². The SMILES string of the molecule is C/C=C\C=C(/C)C(=O)N(CC1(N2CCN(Cc3ccccc3)CC2)CCOCC1)c1ccccn1. The Morgan fingerprint density at radius 2 is 1.77 bits per heavy atom. The van der Waals surface area contributed by atoms with Crippen molar-refractivity contribution in [1.29, 1.82) is 0 Å². The van der Waals surface area contributed by atoms with E-state index in [2.05, 4.69) is 45.1 Å². The Balaban J connectivity index is 1.53. The second kappa shape index (κ2) is 12.2. The van der Waals surface area contributed by atoms with Crippen molar-refractivity contribution in [3.8, 4) is 0 Å². The molecule has 186 valence electrons. The summed E-state index contributed by atoms with van der Waals surface area (Å²) in [5.74, 6) is 0.717. The zero-order valence-electron chi connectivity index (χ0n) is 21.1. The molecule has 2 aromatic rings. The number of aromatic nitrogens is 1. The van der Waals surface area contributed by atoms with Crippen molar-refractivity contribution in [2.45, 2.75) is 38.8 Å². The molecule has 6 heteroatoms. The lowest BCUT2D eigenvalue weighted by Crippen LogP contribution is -2.63. The highest BCUT2D eigenvalue weighted by molar-refractivity contribution is 6.04. The van der Waals surface area contributed by atoms with Gasteiger partial charge >= 0.3 is 0 Å². The van der Waals surface area contributed by atoms with Crippen LogP contribution in [0.5, 0.6) is 0 Å². The first-order valence-electron chi connectivity index (χ1n) is 12.7. The monoisotopic (exact) mass is 474 g/mol. The Kier molecular flexibility index (Phi) is 8.85. The van der Waals surface area contributed by atoms with E-state index in [1.165, 1.54) is 5.56 Å². The highest BCUT2D eigenvalue weighted by Gasteiger charge is 2.42. The van der Waals surface area contributed by atoms with Gasteiger partial charge in [-0.15, -0.1) is 0 Å². The van der Waals surface area contributed by atoms with Crippen LogP contribution in [0.2, 0.25) is 0 Å². The Labute approximate surface area is 209 Å². The molecule has 4 rings (SSSR count). The lowest BCUT2D eigenvalue weighted by Gasteiger charge is -2.51. The summed E-state index contributed by atoms with van der Waals surface area (Å²) in [6.45, 7) is 10.9. The van der Waals surface area contributed by atoms with Gasteiger partial charge in [0.25, 0.3) is 5.91 Å². The average Bonchev–Trinajstić information content (AvgIpc) is 2.92. The summed E-state index contributed by atoms with van der Waals surface area (Å²) in [6, 6.07) is 16.5. The quantitative estimate of drug-likeness (QED) is 0.422. The molecule has 2 aliphatic rings. The third-order valence-corrected chi connectivity index (χ3v) is 7.22. The fraction of sp³-hybridized carbons (Fsp3) is 0.448. The number of allylic oxidation sites excluding steroid dienone is 3. The summed E-state index contributed by atoms with van der Waals surface area (Å²) in [4.78, 5) is 25.2. The van der Waals surface area contributed by atoms with Gasteiger partial charge in [-0.05, 0) is 44.4 Å². The van der Waals surface area contributed by atoms with Crippen LogP contribution in [0.15, 0.2) is 78.5 Å². The number of ether oxygens (including phenoxy) is 1. The maximum atomic E-state index is 13.6. The van der Waals surface area contributed by atoms with Crippen molar-refractivity contribution in [2.75, 3.05) is 50.8 Å². The lowest BCUT2D eigenvalue weighted by molar-refractivity contribution is -0.116. The fourth-order valence-electron chi connectivity index (χ4n) is 5.14. The normalized spacial score (nSPS) is 19.7. The van der Waals surface area contributed by atoms with E-state index in [-0.39, 0.29) is 11.4 Å². The number of carbonyl (C=O) groups excluding carboxylic acids is 1. The van der Waals surface area contributed by atoms with E-state index in [0.29, 0.717) is 17.9 Å². The first-order valence-corrected chi connectivity index (χ1v) is 12.7. The number of rotatable bonds is 8. The van der Waals surface area contributed by atoms with E-state index in [1.54, 1.807) is 6.20 Å². The van der Waals surface area contributed by atoms with Crippen LogP contribution < -0.4 is 4.90 Å². The molecule has 0 atom stereocenters. The lowest BCUT2D eigenvalue weighted by atomic mass is 9.86. The number of hydrogen-bond acceptors (Lipinski definition) is 5. The second-order valence-electron chi connectivity index (χ2n) is 9.54. The molecule has 1 amide bonds. The number of amides is 1. The van der Waals surface area contributed by atoms with Crippen molar-refractivity contribution in [1.82, 2.24) is 14.8 Å². The van der Waals surface area contributed by atoms with Gasteiger partial charge in [-0.3, -0.25) is 19.5 Å². The number of benzene rings is 1. The number of nitrogens with zero attached hydrogens (tertiary/aromatic N) is 4. The number of carbonyl (C=O) groups is 1. The van der Waals surface area contributed by atoms with E-state index in [0.717, 1.165) is 58.8 Å². The molecule has 0 spiro atoms. The van der Waals surface area contributed by atoms with Crippen LogP contribution in [-0.4, -0.2) is 72.2 Å². The minimum Gasteiger partial charge on any atom is -0.381 e. The molecular formula is C29H38N4O2. The van der Waals surface area contributed by atoms with Gasteiger partial charge in [0.05, 0.1) is 0 Å². The second-order valence-corrected chi connectivity index (χ2v) is 9.54. The smallest absolute Gasteiger partial charge is 0.255 e. The van der Waals surface area contributed by atoms with Crippen LogP contribution in [0, 0.1) is 0 Å². The van der Waals surface area contributed by atoms with E-state index >= 15 is 0 Å². The number of pyridine rings is 1. The highest BCUT2D eigenvalue weighted by atomic mass is 16.5. The predicted octanol–water partition coefficient (Wildman–Crippen LogP) is 4.30. The summed E-state index contributed by atoms with van der Waals surface area (Å²) >= 11 is 0. The third-order valence-electron chi connectivity index (χ3n) is 7.22. The van der Waals surface area contributed by atoms with Gasteiger partial charge in [0.1, 0.15) is 5.82 Å². The van der Waals surface area contributed by atoms with Crippen LogP contribution in [0.4, 0.5) is 5.82 Å². The van der Waals surface area contributed by atoms with Crippen molar-refractivity contribution in [3.05, 3.63) is 84.1 Å². The maximum absolute atomic E-state index is 13.6. The van der Waals surface area contributed by atoms with Crippen LogP contribution >= 0.6 is 0 Å². The van der Waals surface area contributed by atoms with Gasteiger partial charge in [-0.25, -0.2) is 4.98 Å². The van der Waals surface area contributed by atoms with Gasteiger partial charge < -0.3 is 4.74 Å². The Morgan fingerprint density at radius 1 is 1.06 bits per heavy atom. The molecule has 1 aromatic heterocycles. The largest absolute Gasteiger partial charge is 0.381 e. The molecule has 2 saturated heterocycles. The van der Waals surface area contributed by atoms with Gasteiger partial charge in [0.15, 0.2) is 0 Å². The van der Waals surface area contributed by atoms with Crippen molar-refractivity contribution < 1.29 is 9.53 Å². The van der Waals surface area contributed by atoms with Crippen molar-refractivity contribution >= 4 is 11.7 Å². The molecule has 0 bridgehead atoms. The third kappa shape index (κ3) is 6.45. The molecule has 3 heterocycles. The molecule has 0 radical (unpaired) electrons.